The summed E-state index contributed by atoms with van der Waals surface area (Å²) in [5, 5.41) is 13.2. The van der Waals surface area contributed by atoms with E-state index in [-0.39, 0.29) is 11.1 Å². The molecule has 0 saturated carbocycles. The molecule has 0 spiro atoms. The number of aliphatic hydroxyl groups is 1. The number of hydrogen-bond donors (Lipinski definition) is 1. The first-order valence-electron chi connectivity index (χ1n) is 12.1. The standard InChI is InChI=1S/C28H38O5Si/c1-7-14-22-24(29)26-25(32-28(5,6)33-26)23(31-22)19-30-34(27(2,3)4,20-15-10-8-11-16-20)21-17-12-9-13-18-21/h7-13,15-18,22-26,29H,1,14,19H2,2-6H3/t22-,23-,24+,25+,26-/m1/s1. The van der Waals surface area contributed by atoms with Crippen molar-refractivity contribution < 1.29 is 23.7 Å². The van der Waals surface area contributed by atoms with E-state index in [0.29, 0.717) is 13.0 Å². The summed E-state index contributed by atoms with van der Waals surface area (Å²) in [5.41, 5.74) is 0. The monoisotopic (exact) mass is 482 g/mol. The Bertz CT molecular complexity index is 916. The average Bonchev–Trinajstić information content (AvgIpc) is 3.13. The molecule has 2 saturated heterocycles. The second-order valence-electron chi connectivity index (χ2n) is 10.8. The highest BCUT2D eigenvalue weighted by Crippen LogP contribution is 2.40. The van der Waals surface area contributed by atoms with Crippen molar-refractivity contribution in [1.29, 1.82) is 0 Å². The lowest BCUT2D eigenvalue weighted by molar-refractivity contribution is -0.193. The molecule has 0 amide bonds. The highest BCUT2D eigenvalue weighted by atomic mass is 28.4. The Balaban J connectivity index is 1.72. The highest BCUT2D eigenvalue weighted by molar-refractivity contribution is 6.99. The lowest BCUT2D eigenvalue weighted by Gasteiger charge is -2.45. The molecule has 184 valence electrons. The lowest BCUT2D eigenvalue weighted by atomic mass is 9.94. The van der Waals surface area contributed by atoms with Crippen molar-refractivity contribution in [2.24, 2.45) is 0 Å². The van der Waals surface area contributed by atoms with E-state index in [0.717, 1.165) is 0 Å². The molecule has 6 heteroatoms. The third-order valence-electron chi connectivity index (χ3n) is 6.88. The SMILES string of the molecule is C=CC[C@H]1O[C@H](CO[Si](c2ccccc2)(c2ccccc2)C(C)(C)C)[C@@H]2OC(C)(C)O[C@@H]2[C@H]1O. The van der Waals surface area contributed by atoms with Crippen molar-refractivity contribution in [2.45, 2.75) is 82.4 Å². The molecule has 2 fully saturated rings. The van der Waals surface area contributed by atoms with Crippen molar-refractivity contribution in [3.05, 3.63) is 73.3 Å². The van der Waals surface area contributed by atoms with Gasteiger partial charge in [0.05, 0.1) is 12.7 Å². The van der Waals surface area contributed by atoms with E-state index >= 15 is 0 Å². The number of ether oxygens (including phenoxy) is 3. The molecule has 2 aliphatic heterocycles. The lowest BCUT2D eigenvalue weighted by Crippen LogP contribution is -2.68. The summed E-state index contributed by atoms with van der Waals surface area (Å²) in [6.07, 6.45) is -0.149. The van der Waals surface area contributed by atoms with Gasteiger partial charge in [-0.05, 0) is 35.7 Å². The van der Waals surface area contributed by atoms with Gasteiger partial charge in [-0.25, -0.2) is 0 Å². The molecular formula is C28H38O5Si. The van der Waals surface area contributed by atoms with Crippen LogP contribution in [0.1, 0.15) is 41.0 Å². The molecule has 4 rings (SSSR count). The first-order valence-corrected chi connectivity index (χ1v) is 14.0. The summed E-state index contributed by atoms with van der Waals surface area (Å²) >= 11 is 0. The minimum Gasteiger partial charge on any atom is -0.405 e. The molecular weight excluding hydrogens is 444 g/mol. The Labute approximate surface area is 204 Å². The van der Waals surface area contributed by atoms with E-state index in [4.69, 9.17) is 18.6 Å². The van der Waals surface area contributed by atoms with Crippen LogP contribution in [0, 0.1) is 0 Å². The van der Waals surface area contributed by atoms with Crippen molar-refractivity contribution in [1.82, 2.24) is 0 Å². The summed E-state index contributed by atoms with van der Waals surface area (Å²) in [7, 11) is -2.73. The minimum absolute atomic E-state index is 0.143. The quantitative estimate of drug-likeness (QED) is 0.481. The smallest absolute Gasteiger partial charge is 0.261 e. The third kappa shape index (κ3) is 4.68. The Morgan fingerprint density at radius 3 is 1.97 bits per heavy atom. The van der Waals surface area contributed by atoms with Gasteiger partial charge in [0.1, 0.15) is 24.4 Å². The van der Waals surface area contributed by atoms with Gasteiger partial charge < -0.3 is 23.7 Å². The largest absolute Gasteiger partial charge is 0.405 e. The summed E-state index contributed by atoms with van der Waals surface area (Å²) in [6.45, 7) is 14.7. The second-order valence-corrected chi connectivity index (χ2v) is 15.1. The van der Waals surface area contributed by atoms with Crippen molar-refractivity contribution in [3.8, 4) is 0 Å². The van der Waals surface area contributed by atoms with E-state index in [9.17, 15) is 5.11 Å². The Morgan fingerprint density at radius 2 is 1.47 bits per heavy atom. The van der Waals surface area contributed by atoms with Crippen LogP contribution in [-0.2, 0) is 18.6 Å². The molecule has 0 unspecified atom stereocenters. The van der Waals surface area contributed by atoms with Gasteiger partial charge in [0, 0.05) is 0 Å². The minimum atomic E-state index is -2.73. The van der Waals surface area contributed by atoms with Crippen LogP contribution in [-0.4, -0.2) is 56.3 Å². The third-order valence-corrected chi connectivity index (χ3v) is 11.9. The Hall–Kier alpha value is -1.80. The summed E-state index contributed by atoms with van der Waals surface area (Å²) < 4.78 is 25.8. The van der Waals surface area contributed by atoms with Crippen LogP contribution < -0.4 is 10.4 Å². The number of benzene rings is 2. The van der Waals surface area contributed by atoms with Crippen LogP contribution in [0.2, 0.25) is 5.04 Å². The number of fused-ring (bicyclic) bond motifs is 1. The molecule has 0 aromatic heterocycles. The van der Waals surface area contributed by atoms with Gasteiger partial charge in [0.25, 0.3) is 8.32 Å². The van der Waals surface area contributed by atoms with Gasteiger partial charge in [0.2, 0.25) is 0 Å². The zero-order chi connectivity index (χ0) is 24.6. The van der Waals surface area contributed by atoms with Crippen LogP contribution >= 0.6 is 0 Å². The average molecular weight is 483 g/mol. The fourth-order valence-corrected chi connectivity index (χ4v) is 9.99. The number of hydrogen-bond acceptors (Lipinski definition) is 5. The van der Waals surface area contributed by atoms with Crippen LogP contribution in [0.3, 0.4) is 0 Å². The Morgan fingerprint density at radius 1 is 0.941 bits per heavy atom. The first kappa shape index (κ1) is 25.3. The molecule has 2 aromatic rings. The molecule has 2 aromatic carbocycles. The molecule has 0 radical (unpaired) electrons. The summed E-state index contributed by atoms with van der Waals surface area (Å²) in [4.78, 5) is 0. The maximum Gasteiger partial charge on any atom is 0.261 e. The fourth-order valence-electron chi connectivity index (χ4n) is 5.42. The maximum absolute atomic E-state index is 10.9. The molecule has 34 heavy (non-hydrogen) atoms. The molecule has 0 aliphatic carbocycles. The van der Waals surface area contributed by atoms with Crippen molar-refractivity contribution >= 4 is 18.7 Å². The molecule has 2 aliphatic rings. The van der Waals surface area contributed by atoms with Gasteiger partial charge >= 0.3 is 0 Å². The maximum atomic E-state index is 10.9. The van der Waals surface area contributed by atoms with E-state index in [1.54, 1.807) is 6.08 Å². The van der Waals surface area contributed by atoms with Crippen molar-refractivity contribution in [2.75, 3.05) is 6.61 Å². The predicted molar refractivity (Wildman–Crippen MR) is 137 cm³/mol. The van der Waals surface area contributed by atoms with Gasteiger partial charge in [-0.1, -0.05) is 87.5 Å². The van der Waals surface area contributed by atoms with Crippen LogP contribution in [0.5, 0.6) is 0 Å². The van der Waals surface area contributed by atoms with E-state index in [1.165, 1.54) is 10.4 Å². The number of rotatable bonds is 7. The highest BCUT2D eigenvalue weighted by Gasteiger charge is 2.56. The normalized spacial score (nSPS) is 28.9. The van der Waals surface area contributed by atoms with E-state index < -0.39 is 38.5 Å². The van der Waals surface area contributed by atoms with Crippen LogP contribution in [0.15, 0.2) is 73.3 Å². The predicted octanol–water partition coefficient (Wildman–Crippen LogP) is 3.79. The van der Waals surface area contributed by atoms with Gasteiger partial charge in [0.15, 0.2) is 5.79 Å². The zero-order valence-corrected chi connectivity index (χ0v) is 21.9. The number of aliphatic hydroxyl groups excluding tert-OH is 1. The summed E-state index contributed by atoms with van der Waals surface area (Å²) in [5.74, 6) is -0.793. The molecule has 5 atom stereocenters. The van der Waals surface area contributed by atoms with Crippen LogP contribution in [0.4, 0.5) is 0 Å². The molecule has 1 N–H and O–H groups in total. The van der Waals surface area contributed by atoms with Gasteiger partial charge in [-0.15, -0.1) is 6.58 Å². The van der Waals surface area contributed by atoms with Gasteiger partial charge in [-0.3, -0.25) is 0 Å². The van der Waals surface area contributed by atoms with Crippen LogP contribution in [0.25, 0.3) is 0 Å². The van der Waals surface area contributed by atoms with Gasteiger partial charge in [-0.2, -0.15) is 0 Å². The second kappa shape index (κ2) is 9.68. The zero-order valence-electron chi connectivity index (χ0n) is 20.9. The Kier molecular flexibility index (Phi) is 7.21. The first-order chi connectivity index (χ1) is 16.1. The fraction of sp³-hybridized carbons (Fsp3) is 0.500. The molecule has 5 nitrogen and oxygen atoms in total. The van der Waals surface area contributed by atoms with E-state index in [1.807, 2.05) is 26.0 Å². The molecule has 0 bridgehead atoms. The van der Waals surface area contributed by atoms with E-state index in [2.05, 4.69) is 75.9 Å². The van der Waals surface area contributed by atoms with Crippen molar-refractivity contribution in [3.63, 3.8) is 0 Å². The topological polar surface area (TPSA) is 57.2 Å². The summed E-state index contributed by atoms with van der Waals surface area (Å²) in [6, 6.07) is 21.1. The molecule has 2 heterocycles.